The Kier molecular flexibility index (Phi) is 6.24. The van der Waals surface area contributed by atoms with Crippen LogP contribution in [0.5, 0.6) is 0 Å². The van der Waals surface area contributed by atoms with Gasteiger partial charge in [0.1, 0.15) is 6.04 Å². The van der Waals surface area contributed by atoms with E-state index in [1.54, 1.807) is 25.0 Å². The average molecular weight is 464 g/mol. The van der Waals surface area contributed by atoms with Crippen LogP contribution in [0.15, 0.2) is 116 Å². The Morgan fingerprint density at radius 1 is 0.943 bits per heavy atom. The lowest BCUT2D eigenvalue weighted by Crippen LogP contribution is -2.42. The molecule has 0 saturated carbocycles. The number of imidazole rings is 2. The number of carbonyl (C=O) groups is 1. The summed E-state index contributed by atoms with van der Waals surface area (Å²) in [4.78, 5) is 24.7. The molecule has 0 fully saturated rings. The third-order valence-corrected chi connectivity index (χ3v) is 5.98. The van der Waals surface area contributed by atoms with Gasteiger partial charge in [0, 0.05) is 47.4 Å². The first-order chi connectivity index (χ1) is 17.2. The zero-order valence-corrected chi connectivity index (χ0v) is 19.0. The van der Waals surface area contributed by atoms with E-state index in [1.807, 2.05) is 95.7 Å². The highest BCUT2D eigenvalue weighted by Crippen LogP contribution is 2.41. The summed E-state index contributed by atoms with van der Waals surface area (Å²) in [5.74, 6) is -0.514. The number of nitrogens with two attached hydrogens (primary N) is 1. The highest BCUT2D eigenvalue weighted by molar-refractivity contribution is 5.77. The molecule has 3 N–H and O–H groups in total. The predicted octanol–water partition coefficient (Wildman–Crippen LogP) is 4.00. The molecular formula is C28H25N5O2. The molecule has 0 radical (unpaired) electrons. The van der Waals surface area contributed by atoms with Crippen LogP contribution in [0.4, 0.5) is 0 Å². The lowest BCUT2D eigenvalue weighted by Gasteiger charge is -2.36. The number of nitrogens with zero attached hydrogens (tertiary/aromatic N) is 3. The fourth-order valence-electron chi connectivity index (χ4n) is 4.24. The second kappa shape index (κ2) is 9.79. The van der Waals surface area contributed by atoms with Gasteiger partial charge in [0.2, 0.25) is 0 Å². The van der Waals surface area contributed by atoms with Gasteiger partial charge in [-0.1, -0.05) is 72.8 Å². The molecule has 0 aliphatic heterocycles. The van der Waals surface area contributed by atoms with Crippen molar-refractivity contribution in [1.29, 1.82) is 0 Å². The number of rotatable bonds is 8. The van der Waals surface area contributed by atoms with Gasteiger partial charge < -0.3 is 20.0 Å². The minimum atomic E-state index is -1.20. The number of hydrogen-bond acceptors (Lipinski definition) is 5. The Hall–Kier alpha value is -4.49. The fraction of sp³-hybridized carbons (Fsp3) is 0.107. The van der Waals surface area contributed by atoms with Crippen molar-refractivity contribution in [1.82, 2.24) is 19.5 Å². The van der Waals surface area contributed by atoms with Crippen LogP contribution in [-0.4, -0.2) is 31.5 Å². The van der Waals surface area contributed by atoms with Crippen molar-refractivity contribution in [3.05, 3.63) is 139 Å². The number of carbonyl (C=O) groups excluding carboxylic acids is 1. The molecule has 2 aromatic heterocycles. The molecule has 0 saturated heterocycles. The van der Waals surface area contributed by atoms with Crippen LogP contribution in [0.1, 0.15) is 22.4 Å². The van der Waals surface area contributed by atoms with Crippen molar-refractivity contribution in [3.63, 3.8) is 0 Å². The zero-order chi connectivity index (χ0) is 24.1. The first-order valence-corrected chi connectivity index (χ1v) is 11.3. The average Bonchev–Trinajstić information content (AvgIpc) is 3.63. The van der Waals surface area contributed by atoms with Crippen molar-refractivity contribution in [3.8, 4) is 5.69 Å². The van der Waals surface area contributed by atoms with Gasteiger partial charge in [-0.25, -0.2) is 9.97 Å². The molecule has 0 unspecified atom stereocenters. The number of nitrogens with one attached hydrogen (secondary N) is 1. The summed E-state index contributed by atoms with van der Waals surface area (Å²) < 4.78 is 8.34. The van der Waals surface area contributed by atoms with Gasteiger partial charge in [-0.05, 0) is 12.1 Å². The summed E-state index contributed by atoms with van der Waals surface area (Å²) in [5, 5.41) is 0. The van der Waals surface area contributed by atoms with Gasteiger partial charge in [-0.15, -0.1) is 0 Å². The van der Waals surface area contributed by atoms with E-state index in [2.05, 4.69) is 15.0 Å². The summed E-state index contributed by atoms with van der Waals surface area (Å²) in [5.41, 5.74) is 9.19. The van der Waals surface area contributed by atoms with E-state index in [0.29, 0.717) is 5.69 Å². The monoisotopic (exact) mass is 463 g/mol. The molecule has 174 valence electrons. The first kappa shape index (κ1) is 22.3. The molecule has 0 spiro atoms. The van der Waals surface area contributed by atoms with E-state index < -0.39 is 17.6 Å². The summed E-state index contributed by atoms with van der Waals surface area (Å²) in [6.45, 7) is 0. The number of H-pyrrole nitrogens is 1. The highest BCUT2D eigenvalue weighted by Gasteiger charge is 2.41. The van der Waals surface area contributed by atoms with Crippen LogP contribution in [0.3, 0.4) is 0 Å². The Morgan fingerprint density at radius 3 is 2.11 bits per heavy atom. The molecule has 7 nitrogen and oxygen atoms in total. The maximum atomic E-state index is 13.5. The van der Waals surface area contributed by atoms with Crippen molar-refractivity contribution in [2.75, 3.05) is 0 Å². The van der Waals surface area contributed by atoms with Gasteiger partial charge in [0.15, 0.2) is 5.60 Å². The molecule has 5 aromatic rings. The van der Waals surface area contributed by atoms with Crippen molar-refractivity contribution in [2.45, 2.75) is 18.1 Å². The Bertz CT molecular complexity index is 1310. The Balaban J connectivity index is 1.61. The summed E-state index contributed by atoms with van der Waals surface area (Å²) >= 11 is 0. The van der Waals surface area contributed by atoms with E-state index in [9.17, 15) is 4.79 Å². The maximum Gasteiger partial charge on any atom is 0.324 e. The van der Waals surface area contributed by atoms with Crippen LogP contribution < -0.4 is 5.73 Å². The molecule has 0 bridgehead atoms. The lowest BCUT2D eigenvalue weighted by atomic mass is 9.80. The molecule has 0 amide bonds. The van der Waals surface area contributed by atoms with Crippen LogP contribution in [0.25, 0.3) is 5.69 Å². The number of ether oxygens (including phenoxy) is 1. The second-order valence-corrected chi connectivity index (χ2v) is 8.22. The Labute approximate surface area is 203 Å². The van der Waals surface area contributed by atoms with E-state index in [-0.39, 0.29) is 6.42 Å². The summed E-state index contributed by atoms with van der Waals surface area (Å²) in [6.07, 6.45) is 8.91. The third kappa shape index (κ3) is 4.49. The minimum absolute atomic E-state index is 0.265. The standard InChI is InChI=1S/C28H25N5O2/c29-26(17-24-18-31-19-32-24)27(34)35-28(21-7-3-1-4-8-21,22-9-5-2-6-10-22)23-11-13-25(14-12-23)33-16-15-30-20-33/h1-16,18-20,26H,17,29H2,(H,31,32)/t26-/m0/s1. The molecular weight excluding hydrogens is 438 g/mol. The van der Waals surface area contributed by atoms with E-state index in [1.165, 1.54) is 0 Å². The number of hydrogen-bond donors (Lipinski definition) is 2. The predicted molar refractivity (Wildman–Crippen MR) is 133 cm³/mol. The lowest BCUT2D eigenvalue weighted by molar-refractivity contribution is -0.155. The van der Waals surface area contributed by atoms with Crippen molar-refractivity contribution >= 4 is 5.97 Å². The summed E-state index contributed by atoms with van der Waals surface area (Å²) in [7, 11) is 0. The van der Waals surface area contributed by atoms with Gasteiger partial charge in [0.25, 0.3) is 0 Å². The molecule has 35 heavy (non-hydrogen) atoms. The van der Waals surface area contributed by atoms with Gasteiger partial charge >= 0.3 is 5.97 Å². The van der Waals surface area contributed by atoms with Crippen LogP contribution in [0.2, 0.25) is 0 Å². The molecule has 2 heterocycles. The highest BCUT2D eigenvalue weighted by atomic mass is 16.6. The normalized spacial score (nSPS) is 12.3. The number of esters is 1. The number of benzene rings is 3. The maximum absolute atomic E-state index is 13.5. The third-order valence-electron chi connectivity index (χ3n) is 5.98. The van der Waals surface area contributed by atoms with Crippen LogP contribution in [0, 0.1) is 0 Å². The zero-order valence-electron chi connectivity index (χ0n) is 19.0. The van der Waals surface area contributed by atoms with E-state index >= 15 is 0 Å². The summed E-state index contributed by atoms with van der Waals surface area (Å²) in [6, 6.07) is 26.5. The van der Waals surface area contributed by atoms with E-state index in [4.69, 9.17) is 10.5 Å². The fourth-order valence-corrected chi connectivity index (χ4v) is 4.24. The number of aromatic amines is 1. The van der Waals surface area contributed by atoms with E-state index in [0.717, 1.165) is 22.4 Å². The smallest absolute Gasteiger partial charge is 0.324 e. The first-order valence-electron chi connectivity index (χ1n) is 11.3. The van der Waals surface area contributed by atoms with Crippen LogP contribution >= 0.6 is 0 Å². The minimum Gasteiger partial charge on any atom is -0.443 e. The van der Waals surface area contributed by atoms with Crippen LogP contribution in [-0.2, 0) is 21.6 Å². The van der Waals surface area contributed by atoms with Gasteiger partial charge in [0.05, 0.1) is 18.3 Å². The quantitative estimate of drug-likeness (QED) is 0.268. The number of aromatic nitrogens is 4. The molecule has 3 aromatic carbocycles. The topological polar surface area (TPSA) is 98.8 Å². The molecule has 0 aliphatic rings. The SMILES string of the molecule is N[C@@H](Cc1c[nH]cn1)C(=O)OC(c1ccccc1)(c1ccccc1)c1ccc(-n2ccnc2)cc1. The van der Waals surface area contributed by atoms with Gasteiger partial charge in [-0.2, -0.15) is 0 Å². The largest absolute Gasteiger partial charge is 0.443 e. The Morgan fingerprint density at radius 2 is 1.57 bits per heavy atom. The molecule has 1 atom stereocenters. The molecule has 7 heteroatoms. The second-order valence-electron chi connectivity index (χ2n) is 8.22. The van der Waals surface area contributed by atoms with Crippen molar-refractivity contribution in [2.24, 2.45) is 5.73 Å². The van der Waals surface area contributed by atoms with Gasteiger partial charge in [-0.3, -0.25) is 4.79 Å². The molecule has 5 rings (SSSR count). The van der Waals surface area contributed by atoms with Crippen molar-refractivity contribution < 1.29 is 9.53 Å². The molecule has 0 aliphatic carbocycles.